The van der Waals surface area contributed by atoms with Gasteiger partial charge >= 0.3 is 6.03 Å². The lowest BCUT2D eigenvalue weighted by atomic mass is 9.89. The number of hydrogen-bond donors (Lipinski definition) is 1. The molecule has 1 unspecified atom stereocenters. The molecule has 2 aliphatic rings. The SMILES string of the molecule is CC(NC(=O)N1CCC2(CCCO2)CC1)c1ccc(S(C)(=O)=O)cc1. The maximum absolute atomic E-state index is 12.5. The molecule has 2 saturated heterocycles. The van der Waals surface area contributed by atoms with E-state index in [9.17, 15) is 13.2 Å². The van der Waals surface area contributed by atoms with Gasteiger partial charge < -0.3 is 15.0 Å². The van der Waals surface area contributed by atoms with E-state index in [1.807, 2.05) is 11.8 Å². The second kappa shape index (κ2) is 6.96. The van der Waals surface area contributed by atoms with E-state index < -0.39 is 9.84 Å². The van der Waals surface area contributed by atoms with E-state index in [1.54, 1.807) is 24.3 Å². The molecule has 25 heavy (non-hydrogen) atoms. The molecular formula is C18H26N2O4S. The Morgan fingerprint density at radius 2 is 1.84 bits per heavy atom. The van der Waals surface area contributed by atoms with Crippen molar-refractivity contribution in [3.8, 4) is 0 Å². The van der Waals surface area contributed by atoms with Gasteiger partial charge in [-0.25, -0.2) is 13.2 Å². The third-order valence-corrected chi connectivity index (χ3v) is 6.42. The lowest BCUT2D eigenvalue weighted by Gasteiger charge is -2.38. The molecule has 1 aromatic carbocycles. The molecule has 3 rings (SSSR count). The van der Waals surface area contributed by atoms with Crippen molar-refractivity contribution in [1.82, 2.24) is 10.2 Å². The molecule has 0 radical (unpaired) electrons. The molecule has 2 amide bonds. The summed E-state index contributed by atoms with van der Waals surface area (Å²) in [4.78, 5) is 14.6. The van der Waals surface area contributed by atoms with Crippen LogP contribution in [-0.4, -0.2) is 50.9 Å². The summed E-state index contributed by atoms with van der Waals surface area (Å²) in [6, 6.07) is 6.40. The summed E-state index contributed by atoms with van der Waals surface area (Å²) in [5.41, 5.74) is 0.887. The molecule has 2 heterocycles. The molecule has 0 aromatic heterocycles. The van der Waals surface area contributed by atoms with Crippen molar-refractivity contribution < 1.29 is 17.9 Å². The number of sulfone groups is 1. The fourth-order valence-electron chi connectivity index (χ4n) is 3.63. The lowest BCUT2D eigenvalue weighted by molar-refractivity contribution is -0.0362. The number of ether oxygens (including phenoxy) is 1. The van der Waals surface area contributed by atoms with Gasteiger partial charge in [-0.05, 0) is 50.3 Å². The Balaban J connectivity index is 1.56. The molecule has 1 aromatic rings. The van der Waals surface area contributed by atoms with E-state index in [-0.39, 0.29) is 22.6 Å². The Bertz CT molecular complexity index is 714. The summed E-state index contributed by atoms with van der Waals surface area (Å²) < 4.78 is 28.9. The second-order valence-electron chi connectivity index (χ2n) is 7.13. The predicted molar refractivity (Wildman–Crippen MR) is 95.2 cm³/mol. The van der Waals surface area contributed by atoms with Gasteiger partial charge in [0.25, 0.3) is 0 Å². The molecule has 0 aliphatic carbocycles. The Morgan fingerprint density at radius 1 is 1.20 bits per heavy atom. The zero-order chi connectivity index (χ0) is 18.1. The van der Waals surface area contributed by atoms with Crippen LogP contribution in [0.15, 0.2) is 29.2 Å². The fourth-order valence-corrected chi connectivity index (χ4v) is 4.26. The Hall–Kier alpha value is -1.60. The number of benzene rings is 1. The normalized spacial score (nSPS) is 21.3. The van der Waals surface area contributed by atoms with Crippen molar-refractivity contribution in [2.45, 2.75) is 49.1 Å². The summed E-state index contributed by atoms with van der Waals surface area (Å²) in [5, 5.41) is 3.00. The van der Waals surface area contributed by atoms with Crippen molar-refractivity contribution in [2.24, 2.45) is 0 Å². The van der Waals surface area contributed by atoms with Crippen molar-refractivity contribution in [2.75, 3.05) is 26.0 Å². The summed E-state index contributed by atoms with van der Waals surface area (Å²) in [6.07, 6.45) is 5.21. The van der Waals surface area contributed by atoms with Crippen LogP contribution in [0.2, 0.25) is 0 Å². The number of hydrogen-bond acceptors (Lipinski definition) is 4. The number of likely N-dealkylation sites (tertiary alicyclic amines) is 1. The molecule has 2 fully saturated rings. The van der Waals surface area contributed by atoms with Gasteiger partial charge in [-0.1, -0.05) is 12.1 Å². The average molecular weight is 366 g/mol. The predicted octanol–water partition coefficient (Wildman–Crippen LogP) is 2.51. The standard InChI is InChI=1S/C18H26N2O4S/c1-14(15-4-6-16(7-5-15)25(2,22)23)19-17(21)20-11-9-18(10-12-20)8-3-13-24-18/h4-7,14H,3,8-13H2,1-2H3,(H,19,21). The summed E-state index contributed by atoms with van der Waals surface area (Å²) in [5.74, 6) is 0. The van der Waals surface area contributed by atoms with Gasteiger partial charge in [0.15, 0.2) is 9.84 Å². The molecule has 2 aliphatic heterocycles. The van der Waals surface area contributed by atoms with E-state index >= 15 is 0 Å². The molecule has 1 N–H and O–H groups in total. The fraction of sp³-hybridized carbons (Fsp3) is 0.611. The van der Waals surface area contributed by atoms with Crippen molar-refractivity contribution in [1.29, 1.82) is 0 Å². The minimum Gasteiger partial charge on any atom is -0.375 e. The van der Waals surface area contributed by atoms with Gasteiger partial charge in [0.05, 0.1) is 16.5 Å². The van der Waals surface area contributed by atoms with Crippen LogP contribution in [0, 0.1) is 0 Å². The smallest absolute Gasteiger partial charge is 0.317 e. The number of amides is 2. The van der Waals surface area contributed by atoms with Crippen molar-refractivity contribution in [3.63, 3.8) is 0 Å². The van der Waals surface area contributed by atoms with Crippen LogP contribution in [0.5, 0.6) is 0 Å². The zero-order valence-corrected chi connectivity index (χ0v) is 15.6. The highest BCUT2D eigenvalue weighted by Crippen LogP contribution is 2.35. The van der Waals surface area contributed by atoms with E-state index in [0.29, 0.717) is 13.1 Å². The van der Waals surface area contributed by atoms with E-state index in [0.717, 1.165) is 37.9 Å². The highest BCUT2D eigenvalue weighted by molar-refractivity contribution is 7.90. The topological polar surface area (TPSA) is 75.7 Å². The van der Waals surface area contributed by atoms with E-state index in [1.165, 1.54) is 6.26 Å². The number of rotatable bonds is 3. The van der Waals surface area contributed by atoms with Crippen LogP contribution < -0.4 is 5.32 Å². The van der Waals surface area contributed by atoms with Crippen LogP contribution in [0.1, 0.15) is 44.2 Å². The van der Waals surface area contributed by atoms with Gasteiger partial charge in [-0.3, -0.25) is 0 Å². The molecule has 6 nitrogen and oxygen atoms in total. The Labute approximate surface area is 149 Å². The summed E-state index contributed by atoms with van der Waals surface area (Å²) in [6.45, 7) is 4.17. The molecule has 138 valence electrons. The number of carbonyl (C=O) groups is 1. The monoisotopic (exact) mass is 366 g/mol. The summed E-state index contributed by atoms with van der Waals surface area (Å²) in [7, 11) is -3.20. The Kier molecular flexibility index (Phi) is 5.06. The molecule has 7 heteroatoms. The molecule has 0 bridgehead atoms. The highest BCUT2D eigenvalue weighted by Gasteiger charge is 2.39. The first kappa shape index (κ1) is 18.2. The average Bonchev–Trinajstić information content (AvgIpc) is 3.03. The molecular weight excluding hydrogens is 340 g/mol. The molecule has 1 spiro atoms. The minimum absolute atomic E-state index is 0.00384. The maximum Gasteiger partial charge on any atom is 0.317 e. The van der Waals surface area contributed by atoms with E-state index in [4.69, 9.17) is 4.74 Å². The maximum atomic E-state index is 12.5. The quantitative estimate of drug-likeness (QED) is 0.892. The lowest BCUT2D eigenvalue weighted by Crippen LogP contribution is -2.50. The van der Waals surface area contributed by atoms with Crippen LogP contribution >= 0.6 is 0 Å². The number of piperidine rings is 1. The first-order valence-corrected chi connectivity index (χ1v) is 10.7. The van der Waals surface area contributed by atoms with Crippen LogP contribution in [0.25, 0.3) is 0 Å². The largest absolute Gasteiger partial charge is 0.375 e. The third kappa shape index (κ3) is 4.15. The van der Waals surface area contributed by atoms with E-state index in [2.05, 4.69) is 5.32 Å². The second-order valence-corrected chi connectivity index (χ2v) is 9.15. The van der Waals surface area contributed by atoms with Gasteiger partial charge in [0.2, 0.25) is 0 Å². The van der Waals surface area contributed by atoms with Gasteiger partial charge in [0, 0.05) is 26.0 Å². The minimum atomic E-state index is -3.20. The van der Waals surface area contributed by atoms with Gasteiger partial charge in [-0.15, -0.1) is 0 Å². The van der Waals surface area contributed by atoms with Crippen LogP contribution in [0.3, 0.4) is 0 Å². The number of carbonyl (C=O) groups excluding carboxylic acids is 1. The van der Waals surface area contributed by atoms with Gasteiger partial charge in [0.1, 0.15) is 0 Å². The number of nitrogens with zero attached hydrogens (tertiary/aromatic N) is 1. The Morgan fingerprint density at radius 3 is 2.36 bits per heavy atom. The van der Waals surface area contributed by atoms with Crippen LogP contribution in [-0.2, 0) is 14.6 Å². The van der Waals surface area contributed by atoms with Gasteiger partial charge in [-0.2, -0.15) is 0 Å². The first-order valence-electron chi connectivity index (χ1n) is 8.79. The third-order valence-electron chi connectivity index (χ3n) is 5.30. The van der Waals surface area contributed by atoms with Crippen molar-refractivity contribution in [3.05, 3.63) is 29.8 Å². The number of nitrogens with one attached hydrogen (secondary N) is 1. The zero-order valence-electron chi connectivity index (χ0n) is 14.8. The highest BCUT2D eigenvalue weighted by atomic mass is 32.2. The van der Waals surface area contributed by atoms with Crippen molar-refractivity contribution >= 4 is 15.9 Å². The number of urea groups is 1. The van der Waals surface area contributed by atoms with Crippen LogP contribution in [0.4, 0.5) is 4.79 Å². The molecule has 1 atom stereocenters. The first-order chi connectivity index (χ1) is 11.8. The molecule has 0 saturated carbocycles. The summed E-state index contributed by atoms with van der Waals surface area (Å²) >= 11 is 0.